The maximum absolute atomic E-state index is 13.1. The first-order chi connectivity index (χ1) is 15.1. The highest BCUT2D eigenvalue weighted by Gasteiger charge is 2.38. The van der Waals surface area contributed by atoms with Crippen molar-refractivity contribution in [3.8, 4) is 0 Å². The number of benzene rings is 1. The number of amides is 1. The number of alkyl halides is 3. The molecule has 1 N–H and O–H groups in total. The molecule has 1 aromatic carbocycles. The van der Waals surface area contributed by atoms with Crippen LogP contribution in [0.4, 0.5) is 30.4 Å². The number of nitro benzene ring substituents is 1. The van der Waals surface area contributed by atoms with E-state index in [1.54, 1.807) is 17.9 Å². The summed E-state index contributed by atoms with van der Waals surface area (Å²) in [6, 6.07) is 7.20. The number of nitro groups is 1. The summed E-state index contributed by atoms with van der Waals surface area (Å²) in [5.41, 5.74) is 1.02. The minimum absolute atomic E-state index is 0.00573. The SMILES string of the molecule is Cc1cc([N+](=O)[O-])ccc1NC(=O)C1CCN(c2ccc3nnc(C(F)(F)F)n3n2)CC1. The summed E-state index contributed by atoms with van der Waals surface area (Å²) in [4.78, 5) is 24.8. The second-order valence-corrected chi connectivity index (χ2v) is 7.49. The summed E-state index contributed by atoms with van der Waals surface area (Å²) >= 11 is 0. The maximum Gasteiger partial charge on any atom is 0.453 e. The molecule has 0 bridgehead atoms. The molecular formula is C19H18F3N7O3. The number of nitrogens with zero attached hydrogens (tertiary/aromatic N) is 6. The predicted octanol–water partition coefficient (Wildman–Crippen LogP) is 3.21. The van der Waals surface area contributed by atoms with Crippen LogP contribution in [0.15, 0.2) is 30.3 Å². The molecule has 1 saturated heterocycles. The van der Waals surface area contributed by atoms with E-state index in [1.807, 2.05) is 0 Å². The molecule has 0 atom stereocenters. The van der Waals surface area contributed by atoms with Gasteiger partial charge in [0.25, 0.3) is 11.5 Å². The van der Waals surface area contributed by atoms with Crippen molar-refractivity contribution < 1.29 is 22.9 Å². The molecule has 168 valence electrons. The van der Waals surface area contributed by atoms with Crippen molar-refractivity contribution in [2.24, 2.45) is 5.92 Å². The molecule has 1 aliphatic rings. The number of aryl methyl sites for hydroxylation is 1. The number of non-ortho nitro benzene ring substituents is 1. The van der Waals surface area contributed by atoms with Crippen LogP contribution in [-0.4, -0.2) is 43.7 Å². The van der Waals surface area contributed by atoms with Gasteiger partial charge in [0.1, 0.15) is 5.82 Å². The van der Waals surface area contributed by atoms with E-state index in [0.717, 1.165) is 0 Å². The number of anilines is 2. The number of carbonyl (C=O) groups is 1. The van der Waals surface area contributed by atoms with Gasteiger partial charge in [0, 0.05) is 36.8 Å². The van der Waals surface area contributed by atoms with E-state index in [-0.39, 0.29) is 23.2 Å². The standard InChI is InChI=1S/C19H18F3N7O3/c1-11-10-13(29(31)32)2-3-14(11)23-17(30)12-6-8-27(9-7-12)16-5-4-15-24-25-18(19(20,21)22)28(15)26-16/h2-5,10,12H,6-9H2,1H3,(H,23,30). The number of hydrogen-bond acceptors (Lipinski definition) is 7. The van der Waals surface area contributed by atoms with Gasteiger partial charge in [-0.3, -0.25) is 14.9 Å². The third kappa shape index (κ3) is 4.18. The molecule has 0 saturated carbocycles. The van der Waals surface area contributed by atoms with Gasteiger partial charge in [0.2, 0.25) is 5.91 Å². The number of aromatic nitrogens is 4. The summed E-state index contributed by atoms with van der Waals surface area (Å²) in [5, 5.41) is 24.4. The highest BCUT2D eigenvalue weighted by atomic mass is 19.4. The van der Waals surface area contributed by atoms with E-state index in [0.29, 0.717) is 47.5 Å². The summed E-state index contributed by atoms with van der Waals surface area (Å²) in [7, 11) is 0. The molecule has 0 unspecified atom stereocenters. The molecule has 1 aliphatic heterocycles. The van der Waals surface area contributed by atoms with Crippen LogP contribution in [0.3, 0.4) is 0 Å². The first-order valence-corrected chi connectivity index (χ1v) is 9.74. The molecule has 1 fully saturated rings. The van der Waals surface area contributed by atoms with E-state index in [2.05, 4.69) is 20.6 Å². The van der Waals surface area contributed by atoms with Crippen LogP contribution < -0.4 is 10.2 Å². The number of halogens is 3. The Morgan fingerprint density at radius 2 is 1.91 bits per heavy atom. The third-order valence-electron chi connectivity index (χ3n) is 5.37. The Morgan fingerprint density at radius 1 is 1.19 bits per heavy atom. The number of carbonyl (C=O) groups excluding carboxylic acids is 1. The number of nitrogens with one attached hydrogen (secondary N) is 1. The number of hydrogen-bond donors (Lipinski definition) is 1. The lowest BCUT2D eigenvalue weighted by molar-refractivity contribution is -0.384. The average Bonchev–Trinajstić information content (AvgIpc) is 3.19. The predicted molar refractivity (Wildman–Crippen MR) is 107 cm³/mol. The topological polar surface area (TPSA) is 119 Å². The van der Waals surface area contributed by atoms with Crippen LogP contribution in [0.2, 0.25) is 0 Å². The van der Waals surface area contributed by atoms with Crippen molar-refractivity contribution >= 4 is 28.7 Å². The van der Waals surface area contributed by atoms with Crippen molar-refractivity contribution in [1.29, 1.82) is 0 Å². The number of rotatable bonds is 4. The molecule has 3 aromatic rings. The van der Waals surface area contributed by atoms with Gasteiger partial charge in [0.05, 0.1) is 4.92 Å². The number of fused-ring (bicyclic) bond motifs is 1. The van der Waals surface area contributed by atoms with E-state index in [9.17, 15) is 28.1 Å². The van der Waals surface area contributed by atoms with Gasteiger partial charge in [0.15, 0.2) is 5.65 Å². The molecular weight excluding hydrogens is 431 g/mol. The zero-order valence-corrected chi connectivity index (χ0v) is 16.8. The van der Waals surface area contributed by atoms with Gasteiger partial charge < -0.3 is 10.2 Å². The van der Waals surface area contributed by atoms with Crippen LogP contribution in [0.5, 0.6) is 0 Å². The highest BCUT2D eigenvalue weighted by molar-refractivity contribution is 5.93. The van der Waals surface area contributed by atoms with E-state index < -0.39 is 16.9 Å². The normalized spacial score (nSPS) is 15.2. The van der Waals surface area contributed by atoms with Gasteiger partial charge in [-0.15, -0.1) is 15.3 Å². The minimum Gasteiger partial charge on any atom is -0.355 e. The fourth-order valence-electron chi connectivity index (χ4n) is 3.63. The second kappa shape index (κ2) is 8.05. The molecule has 1 amide bonds. The molecule has 4 rings (SSSR count). The second-order valence-electron chi connectivity index (χ2n) is 7.49. The zero-order valence-electron chi connectivity index (χ0n) is 16.8. The summed E-state index contributed by atoms with van der Waals surface area (Å²) in [6.07, 6.45) is -3.72. The van der Waals surface area contributed by atoms with Crippen molar-refractivity contribution in [3.05, 3.63) is 51.8 Å². The molecule has 0 aliphatic carbocycles. The highest BCUT2D eigenvalue weighted by Crippen LogP contribution is 2.29. The summed E-state index contributed by atoms with van der Waals surface area (Å²) in [5.74, 6) is -1.36. The Hall–Kier alpha value is -3.77. The fourth-order valence-corrected chi connectivity index (χ4v) is 3.63. The molecule has 10 nitrogen and oxygen atoms in total. The maximum atomic E-state index is 13.1. The molecule has 32 heavy (non-hydrogen) atoms. The van der Waals surface area contributed by atoms with Crippen molar-refractivity contribution in [2.45, 2.75) is 25.9 Å². The van der Waals surface area contributed by atoms with Crippen LogP contribution in [-0.2, 0) is 11.0 Å². The van der Waals surface area contributed by atoms with E-state index >= 15 is 0 Å². The Morgan fingerprint density at radius 3 is 2.53 bits per heavy atom. The van der Waals surface area contributed by atoms with Crippen LogP contribution in [0.25, 0.3) is 5.65 Å². The molecule has 2 aromatic heterocycles. The third-order valence-corrected chi connectivity index (χ3v) is 5.37. The lowest BCUT2D eigenvalue weighted by Crippen LogP contribution is -2.38. The smallest absolute Gasteiger partial charge is 0.355 e. The zero-order chi connectivity index (χ0) is 23.0. The first kappa shape index (κ1) is 21.5. The van der Waals surface area contributed by atoms with Crippen molar-refractivity contribution in [1.82, 2.24) is 19.8 Å². The summed E-state index contributed by atoms with van der Waals surface area (Å²) in [6.45, 7) is 2.53. The van der Waals surface area contributed by atoms with Gasteiger partial charge in [-0.25, -0.2) is 0 Å². The van der Waals surface area contributed by atoms with Gasteiger partial charge in [-0.05, 0) is 43.5 Å². The minimum atomic E-state index is -4.67. The molecule has 0 radical (unpaired) electrons. The van der Waals surface area contributed by atoms with Gasteiger partial charge in [-0.1, -0.05) is 0 Å². The molecule has 3 heterocycles. The van der Waals surface area contributed by atoms with E-state index in [4.69, 9.17) is 0 Å². The first-order valence-electron chi connectivity index (χ1n) is 9.74. The molecule has 0 spiro atoms. The molecule has 13 heteroatoms. The summed E-state index contributed by atoms with van der Waals surface area (Å²) < 4.78 is 39.9. The monoisotopic (exact) mass is 449 g/mol. The van der Waals surface area contributed by atoms with Crippen molar-refractivity contribution in [2.75, 3.05) is 23.3 Å². The van der Waals surface area contributed by atoms with Crippen molar-refractivity contribution in [3.63, 3.8) is 0 Å². The Bertz CT molecular complexity index is 1190. The van der Waals surface area contributed by atoms with Crippen LogP contribution in [0.1, 0.15) is 24.2 Å². The van der Waals surface area contributed by atoms with Gasteiger partial charge in [-0.2, -0.15) is 17.7 Å². The lowest BCUT2D eigenvalue weighted by atomic mass is 9.95. The number of piperidine rings is 1. The van der Waals surface area contributed by atoms with E-state index in [1.165, 1.54) is 24.3 Å². The van der Waals surface area contributed by atoms with Gasteiger partial charge >= 0.3 is 6.18 Å². The Labute approximate surface area is 179 Å². The quantitative estimate of drug-likeness (QED) is 0.480. The largest absolute Gasteiger partial charge is 0.453 e. The van der Waals surface area contributed by atoms with Crippen LogP contribution in [0, 0.1) is 23.0 Å². The average molecular weight is 449 g/mol. The van der Waals surface area contributed by atoms with Crippen LogP contribution >= 0.6 is 0 Å². The Balaban J connectivity index is 1.42. The Kier molecular flexibility index (Phi) is 5.40. The lowest BCUT2D eigenvalue weighted by Gasteiger charge is -2.32. The fraction of sp³-hybridized carbons (Fsp3) is 0.368.